The fourth-order valence-corrected chi connectivity index (χ4v) is 5.43. The number of hydrogen-bond acceptors (Lipinski definition) is 4. The largest absolute Gasteiger partial charge is 0.354 e. The van der Waals surface area contributed by atoms with Crippen molar-refractivity contribution in [3.63, 3.8) is 0 Å². The van der Waals surface area contributed by atoms with Crippen LogP contribution in [0, 0.1) is 5.82 Å². The van der Waals surface area contributed by atoms with Gasteiger partial charge in [0.1, 0.15) is 18.4 Å². The standard InChI is InChI=1S/C29H33BrFN3O4S/c1-3-4-16-32-29(36)27(18-22-10-6-5-7-11-22)33(20-23-12-8-13-24(30)17-23)28(35)21-34(39(2,37)38)26-15-9-14-25(31)19-26/h5-15,17,19,27H,3-4,16,18,20-21H2,1-2H3,(H,32,36)/t27-/m0/s1. The maximum atomic E-state index is 14.0. The summed E-state index contributed by atoms with van der Waals surface area (Å²) in [4.78, 5) is 28.9. The van der Waals surface area contributed by atoms with Crippen LogP contribution in [0.4, 0.5) is 10.1 Å². The van der Waals surface area contributed by atoms with Crippen molar-refractivity contribution in [3.8, 4) is 0 Å². The first-order valence-electron chi connectivity index (χ1n) is 12.7. The molecule has 3 rings (SSSR count). The average Bonchev–Trinajstić information content (AvgIpc) is 2.89. The van der Waals surface area contributed by atoms with Crippen molar-refractivity contribution < 1.29 is 22.4 Å². The molecule has 3 aromatic carbocycles. The second kappa shape index (κ2) is 14.2. The van der Waals surface area contributed by atoms with Crippen molar-refractivity contribution >= 4 is 43.5 Å². The van der Waals surface area contributed by atoms with Crippen LogP contribution >= 0.6 is 15.9 Å². The van der Waals surface area contributed by atoms with E-state index in [-0.39, 0.29) is 24.6 Å². The summed E-state index contributed by atoms with van der Waals surface area (Å²) in [6.45, 7) is 1.95. The normalized spacial score (nSPS) is 12.0. The Morgan fingerprint density at radius 2 is 1.67 bits per heavy atom. The van der Waals surface area contributed by atoms with Crippen LogP contribution in [0.1, 0.15) is 30.9 Å². The zero-order valence-corrected chi connectivity index (χ0v) is 24.4. The smallest absolute Gasteiger partial charge is 0.244 e. The molecule has 7 nitrogen and oxygen atoms in total. The van der Waals surface area contributed by atoms with Gasteiger partial charge in [0.15, 0.2) is 0 Å². The van der Waals surface area contributed by atoms with E-state index in [9.17, 15) is 22.4 Å². The quantitative estimate of drug-likeness (QED) is 0.276. The van der Waals surface area contributed by atoms with E-state index >= 15 is 0 Å². The minimum Gasteiger partial charge on any atom is -0.354 e. The van der Waals surface area contributed by atoms with Gasteiger partial charge in [0, 0.05) is 24.0 Å². The summed E-state index contributed by atoms with van der Waals surface area (Å²) < 4.78 is 41.1. The third-order valence-electron chi connectivity index (χ3n) is 6.12. The van der Waals surface area contributed by atoms with Gasteiger partial charge in [-0.3, -0.25) is 13.9 Å². The molecule has 1 atom stereocenters. The van der Waals surface area contributed by atoms with E-state index < -0.39 is 34.3 Å². The number of anilines is 1. The van der Waals surface area contributed by atoms with E-state index in [1.54, 1.807) is 0 Å². The monoisotopic (exact) mass is 617 g/mol. The minimum atomic E-state index is -3.95. The number of carbonyl (C=O) groups is 2. The molecular weight excluding hydrogens is 585 g/mol. The predicted molar refractivity (Wildman–Crippen MR) is 155 cm³/mol. The van der Waals surface area contributed by atoms with Crippen molar-refractivity contribution in [2.45, 2.75) is 38.8 Å². The van der Waals surface area contributed by atoms with Crippen LogP contribution in [0.3, 0.4) is 0 Å². The highest BCUT2D eigenvalue weighted by Gasteiger charge is 2.33. The Labute approximate surface area is 238 Å². The lowest BCUT2D eigenvalue weighted by atomic mass is 10.0. The number of hydrogen-bond donors (Lipinski definition) is 1. The molecule has 3 aromatic rings. The summed E-state index contributed by atoms with van der Waals surface area (Å²) in [5.41, 5.74) is 1.64. The van der Waals surface area contributed by atoms with Crippen LogP contribution in [0.5, 0.6) is 0 Å². The van der Waals surface area contributed by atoms with Gasteiger partial charge in [0.05, 0.1) is 11.9 Å². The highest BCUT2D eigenvalue weighted by Crippen LogP contribution is 2.22. The van der Waals surface area contributed by atoms with Crippen LogP contribution in [0.2, 0.25) is 0 Å². The highest BCUT2D eigenvalue weighted by atomic mass is 79.9. The number of halogens is 2. The van der Waals surface area contributed by atoms with Crippen LogP contribution in [0.15, 0.2) is 83.3 Å². The van der Waals surface area contributed by atoms with Gasteiger partial charge in [-0.25, -0.2) is 12.8 Å². The molecule has 0 radical (unpaired) electrons. The second-order valence-corrected chi connectivity index (χ2v) is 12.1. The molecule has 0 spiro atoms. The molecule has 0 aliphatic rings. The summed E-state index contributed by atoms with van der Waals surface area (Å²) >= 11 is 3.45. The number of nitrogens with zero attached hydrogens (tertiary/aromatic N) is 2. The van der Waals surface area contributed by atoms with E-state index in [1.807, 2.05) is 61.5 Å². The first-order valence-corrected chi connectivity index (χ1v) is 15.3. The molecule has 2 amide bonds. The molecule has 0 aliphatic heterocycles. The van der Waals surface area contributed by atoms with E-state index in [4.69, 9.17) is 0 Å². The molecule has 0 bridgehead atoms. The van der Waals surface area contributed by atoms with Gasteiger partial charge in [-0.05, 0) is 47.9 Å². The number of benzene rings is 3. The first-order chi connectivity index (χ1) is 18.6. The minimum absolute atomic E-state index is 0.0280. The molecule has 0 saturated heterocycles. The summed E-state index contributed by atoms with van der Waals surface area (Å²) in [6, 6.07) is 20.8. The van der Waals surface area contributed by atoms with Crippen LogP contribution in [0.25, 0.3) is 0 Å². The summed E-state index contributed by atoms with van der Waals surface area (Å²) in [5, 5.41) is 2.94. The molecule has 0 aliphatic carbocycles. The average molecular weight is 619 g/mol. The second-order valence-electron chi connectivity index (χ2n) is 9.25. The lowest BCUT2D eigenvalue weighted by Crippen LogP contribution is -2.53. The Balaban J connectivity index is 2.03. The lowest BCUT2D eigenvalue weighted by molar-refractivity contribution is -0.140. The number of sulfonamides is 1. The highest BCUT2D eigenvalue weighted by molar-refractivity contribution is 9.10. The Bertz CT molecular complexity index is 1370. The Kier molecular flexibility index (Phi) is 11.1. The van der Waals surface area contributed by atoms with E-state index in [0.29, 0.717) is 6.54 Å². The van der Waals surface area contributed by atoms with Crippen molar-refractivity contribution in [3.05, 3.63) is 100 Å². The fraction of sp³-hybridized carbons (Fsp3) is 0.310. The molecule has 0 heterocycles. The van der Waals surface area contributed by atoms with Crippen molar-refractivity contribution in [2.24, 2.45) is 0 Å². The number of amides is 2. The van der Waals surface area contributed by atoms with E-state index in [2.05, 4.69) is 21.2 Å². The topological polar surface area (TPSA) is 86.8 Å². The molecule has 0 fully saturated rings. The summed E-state index contributed by atoms with van der Waals surface area (Å²) in [7, 11) is -3.95. The van der Waals surface area contributed by atoms with Crippen LogP contribution in [-0.4, -0.2) is 50.5 Å². The van der Waals surface area contributed by atoms with Gasteiger partial charge in [-0.15, -0.1) is 0 Å². The number of rotatable bonds is 13. The summed E-state index contributed by atoms with van der Waals surface area (Å²) in [6.07, 6.45) is 2.87. The van der Waals surface area contributed by atoms with Gasteiger partial charge in [-0.1, -0.05) is 77.8 Å². The van der Waals surface area contributed by atoms with Crippen LogP contribution < -0.4 is 9.62 Å². The van der Waals surface area contributed by atoms with Gasteiger partial charge in [0.25, 0.3) is 0 Å². The Morgan fingerprint density at radius 1 is 0.974 bits per heavy atom. The first kappa shape index (κ1) is 30.3. The van der Waals surface area contributed by atoms with Gasteiger partial charge in [-0.2, -0.15) is 0 Å². The van der Waals surface area contributed by atoms with E-state index in [1.165, 1.54) is 23.1 Å². The maximum Gasteiger partial charge on any atom is 0.244 e. The zero-order chi connectivity index (χ0) is 28.4. The third kappa shape index (κ3) is 9.18. The number of unbranched alkanes of at least 4 members (excludes halogenated alkanes) is 1. The van der Waals surface area contributed by atoms with E-state index in [0.717, 1.165) is 45.1 Å². The molecule has 39 heavy (non-hydrogen) atoms. The molecule has 0 unspecified atom stereocenters. The number of nitrogens with one attached hydrogen (secondary N) is 1. The predicted octanol–water partition coefficient (Wildman–Crippen LogP) is 4.91. The number of carbonyl (C=O) groups excluding carboxylic acids is 2. The molecule has 1 N–H and O–H groups in total. The lowest BCUT2D eigenvalue weighted by Gasteiger charge is -2.33. The van der Waals surface area contributed by atoms with Crippen LogP contribution in [-0.2, 0) is 32.6 Å². The van der Waals surface area contributed by atoms with Gasteiger partial charge in [0.2, 0.25) is 21.8 Å². The van der Waals surface area contributed by atoms with Gasteiger partial charge < -0.3 is 10.2 Å². The molecular formula is C29H33BrFN3O4S. The molecule has 0 aromatic heterocycles. The Hall–Kier alpha value is -3.24. The maximum absolute atomic E-state index is 14.0. The third-order valence-corrected chi connectivity index (χ3v) is 7.75. The SMILES string of the molecule is CCCCNC(=O)[C@H](Cc1ccccc1)N(Cc1cccc(Br)c1)C(=O)CN(c1cccc(F)c1)S(C)(=O)=O. The fourth-order valence-electron chi connectivity index (χ4n) is 4.14. The summed E-state index contributed by atoms with van der Waals surface area (Å²) in [5.74, 6) is -1.54. The molecule has 0 saturated carbocycles. The van der Waals surface area contributed by atoms with Crippen molar-refractivity contribution in [1.29, 1.82) is 0 Å². The van der Waals surface area contributed by atoms with Crippen molar-refractivity contribution in [2.75, 3.05) is 23.7 Å². The Morgan fingerprint density at radius 3 is 2.31 bits per heavy atom. The van der Waals surface area contributed by atoms with Crippen molar-refractivity contribution in [1.82, 2.24) is 10.2 Å². The van der Waals surface area contributed by atoms with Gasteiger partial charge >= 0.3 is 0 Å². The molecule has 10 heteroatoms. The molecule has 208 valence electrons. The zero-order valence-electron chi connectivity index (χ0n) is 22.0.